The molecule has 0 radical (unpaired) electrons. The van der Waals surface area contributed by atoms with Gasteiger partial charge in [-0.2, -0.15) is 0 Å². The Morgan fingerprint density at radius 3 is 2.75 bits per heavy atom. The second-order valence-corrected chi connectivity index (χ2v) is 4.46. The third-order valence-corrected chi connectivity index (χ3v) is 2.83. The first-order valence-electron chi connectivity index (χ1n) is 6.41. The Morgan fingerprint density at radius 1 is 1.15 bits per heavy atom. The molecular weight excluding hydrogens is 257 g/mol. The fourth-order valence-corrected chi connectivity index (χ4v) is 1.97. The van der Waals surface area contributed by atoms with Crippen LogP contribution in [-0.2, 0) is 17.9 Å². The van der Waals surface area contributed by atoms with Gasteiger partial charge in [-0.1, -0.05) is 12.1 Å². The maximum absolute atomic E-state index is 13.3. The van der Waals surface area contributed by atoms with Crippen molar-refractivity contribution in [1.29, 1.82) is 0 Å². The summed E-state index contributed by atoms with van der Waals surface area (Å²) in [5.41, 5.74) is 1.81. The van der Waals surface area contributed by atoms with Crippen LogP contribution in [-0.4, -0.2) is 14.2 Å². The lowest BCUT2D eigenvalue weighted by Crippen LogP contribution is -2.06. The summed E-state index contributed by atoms with van der Waals surface area (Å²) < 4.78 is 24.2. The molecule has 0 fully saturated rings. The van der Waals surface area contributed by atoms with Gasteiger partial charge in [-0.15, -0.1) is 0 Å². The Bertz CT molecular complexity index is 572. The molecule has 2 aromatic rings. The van der Waals surface area contributed by atoms with Gasteiger partial charge in [0.1, 0.15) is 17.3 Å². The number of hydrogen-bond acceptors (Lipinski definition) is 3. The zero-order chi connectivity index (χ0) is 14.4. The number of benzene rings is 2. The molecule has 2 aromatic carbocycles. The predicted octanol–water partition coefficient (Wildman–Crippen LogP) is 3.48. The Labute approximate surface area is 118 Å². The van der Waals surface area contributed by atoms with Crippen LogP contribution in [0.1, 0.15) is 11.1 Å². The molecular formula is C16H18FNO2. The van der Waals surface area contributed by atoms with Crippen LogP contribution in [0.4, 0.5) is 4.39 Å². The largest absolute Gasteiger partial charge is 0.457 e. The average Bonchev–Trinajstić information content (AvgIpc) is 2.43. The molecule has 0 aliphatic heterocycles. The lowest BCUT2D eigenvalue weighted by Gasteiger charge is -2.12. The van der Waals surface area contributed by atoms with Crippen LogP contribution in [0.25, 0.3) is 0 Å². The second kappa shape index (κ2) is 7.03. The van der Waals surface area contributed by atoms with Gasteiger partial charge in [0.15, 0.2) is 0 Å². The molecule has 3 nitrogen and oxygen atoms in total. The van der Waals surface area contributed by atoms with Crippen LogP contribution in [0.15, 0.2) is 42.5 Å². The van der Waals surface area contributed by atoms with Gasteiger partial charge < -0.3 is 14.8 Å². The molecule has 2 rings (SSSR count). The van der Waals surface area contributed by atoms with E-state index in [0.717, 1.165) is 11.1 Å². The summed E-state index contributed by atoms with van der Waals surface area (Å²) >= 11 is 0. The number of halogens is 1. The molecule has 1 N–H and O–H groups in total. The first-order valence-corrected chi connectivity index (χ1v) is 6.41. The van der Waals surface area contributed by atoms with Gasteiger partial charge in [0.2, 0.25) is 0 Å². The van der Waals surface area contributed by atoms with Gasteiger partial charge in [-0.25, -0.2) is 4.39 Å². The minimum atomic E-state index is -0.268. The second-order valence-electron chi connectivity index (χ2n) is 4.46. The smallest absolute Gasteiger partial charge is 0.132 e. The molecule has 0 atom stereocenters. The highest BCUT2D eigenvalue weighted by molar-refractivity contribution is 5.39. The van der Waals surface area contributed by atoms with Crippen LogP contribution < -0.4 is 10.1 Å². The molecule has 20 heavy (non-hydrogen) atoms. The van der Waals surface area contributed by atoms with E-state index in [1.54, 1.807) is 13.2 Å². The SMILES string of the molecule is CNCc1cc(F)ccc1Oc1cccc(COC)c1. The van der Waals surface area contributed by atoms with Gasteiger partial charge in [0.25, 0.3) is 0 Å². The third kappa shape index (κ3) is 3.79. The van der Waals surface area contributed by atoms with E-state index in [2.05, 4.69) is 5.32 Å². The van der Waals surface area contributed by atoms with E-state index in [9.17, 15) is 4.39 Å². The van der Waals surface area contributed by atoms with E-state index in [1.807, 2.05) is 31.3 Å². The summed E-state index contributed by atoms with van der Waals surface area (Å²) in [6.07, 6.45) is 0. The van der Waals surface area contributed by atoms with Crippen molar-refractivity contribution in [3.63, 3.8) is 0 Å². The normalized spacial score (nSPS) is 10.6. The lowest BCUT2D eigenvalue weighted by atomic mass is 10.2. The van der Waals surface area contributed by atoms with Crippen LogP contribution in [0.3, 0.4) is 0 Å². The summed E-state index contributed by atoms with van der Waals surface area (Å²) in [6.45, 7) is 1.08. The predicted molar refractivity (Wildman–Crippen MR) is 76.4 cm³/mol. The summed E-state index contributed by atoms with van der Waals surface area (Å²) in [7, 11) is 3.46. The highest BCUT2D eigenvalue weighted by Crippen LogP contribution is 2.26. The molecule has 0 unspecified atom stereocenters. The van der Waals surface area contributed by atoms with E-state index in [1.165, 1.54) is 12.1 Å². The molecule has 0 saturated carbocycles. The highest BCUT2D eigenvalue weighted by Gasteiger charge is 2.06. The first-order chi connectivity index (χ1) is 9.72. The molecule has 0 saturated heterocycles. The molecule has 4 heteroatoms. The molecule has 0 aliphatic rings. The zero-order valence-electron chi connectivity index (χ0n) is 11.7. The van der Waals surface area contributed by atoms with Gasteiger partial charge in [-0.05, 0) is 42.9 Å². The molecule has 0 aromatic heterocycles. The summed E-state index contributed by atoms with van der Waals surface area (Å²) in [4.78, 5) is 0. The van der Waals surface area contributed by atoms with Crippen LogP contribution >= 0.6 is 0 Å². The topological polar surface area (TPSA) is 30.5 Å². The lowest BCUT2D eigenvalue weighted by molar-refractivity contribution is 0.184. The Hall–Kier alpha value is -1.91. The van der Waals surface area contributed by atoms with Crippen molar-refractivity contribution >= 4 is 0 Å². The minimum Gasteiger partial charge on any atom is -0.457 e. The number of nitrogens with one attached hydrogen (secondary N) is 1. The van der Waals surface area contributed by atoms with E-state index < -0.39 is 0 Å². The third-order valence-electron chi connectivity index (χ3n) is 2.83. The van der Waals surface area contributed by atoms with Crippen LogP contribution in [0.2, 0.25) is 0 Å². The molecule has 0 bridgehead atoms. The van der Waals surface area contributed by atoms with E-state index in [-0.39, 0.29) is 5.82 Å². The number of ether oxygens (including phenoxy) is 2. The van der Waals surface area contributed by atoms with Crippen molar-refractivity contribution in [3.8, 4) is 11.5 Å². The molecule has 0 amide bonds. The fraction of sp³-hybridized carbons (Fsp3) is 0.250. The standard InChI is InChI=1S/C16H18FNO2/c1-18-10-13-9-14(17)6-7-16(13)20-15-5-3-4-12(8-15)11-19-2/h3-9,18H,10-11H2,1-2H3. The minimum absolute atomic E-state index is 0.268. The van der Waals surface area contributed by atoms with E-state index in [4.69, 9.17) is 9.47 Å². The van der Waals surface area contributed by atoms with Crippen molar-refractivity contribution in [3.05, 3.63) is 59.4 Å². The molecule has 0 heterocycles. The summed E-state index contributed by atoms with van der Waals surface area (Å²) in [6, 6.07) is 12.2. The summed E-state index contributed by atoms with van der Waals surface area (Å²) in [5.74, 6) is 1.09. The van der Waals surface area contributed by atoms with Gasteiger partial charge in [0.05, 0.1) is 6.61 Å². The number of hydrogen-bond donors (Lipinski definition) is 1. The van der Waals surface area contributed by atoms with Gasteiger partial charge in [-0.3, -0.25) is 0 Å². The van der Waals surface area contributed by atoms with Crippen LogP contribution in [0.5, 0.6) is 11.5 Å². The number of rotatable bonds is 6. The Morgan fingerprint density at radius 2 is 2.00 bits per heavy atom. The van der Waals surface area contributed by atoms with Crippen molar-refractivity contribution < 1.29 is 13.9 Å². The average molecular weight is 275 g/mol. The van der Waals surface area contributed by atoms with Gasteiger partial charge >= 0.3 is 0 Å². The Kier molecular flexibility index (Phi) is 5.09. The summed E-state index contributed by atoms with van der Waals surface area (Å²) in [5, 5.41) is 3.00. The monoisotopic (exact) mass is 275 g/mol. The van der Waals surface area contributed by atoms with Crippen LogP contribution in [0, 0.1) is 5.82 Å². The first kappa shape index (κ1) is 14.5. The maximum atomic E-state index is 13.3. The van der Waals surface area contributed by atoms with Crippen molar-refractivity contribution in [2.45, 2.75) is 13.2 Å². The maximum Gasteiger partial charge on any atom is 0.132 e. The van der Waals surface area contributed by atoms with E-state index >= 15 is 0 Å². The van der Waals surface area contributed by atoms with E-state index in [0.29, 0.717) is 24.7 Å². The van der Waals surface area contributed by atoms with Crippen molar-refractivity contribution in [2.75, 3.05) is 14.2 Å². The zero-order valence-corrected chi connectivity index (χ0v) is 11.7. The highest BCUT2D eigenvalue weighted by atomic mass is 19.1. The van der Waals surface area contributed by atoms with Crippen molar-refractivity contribution in [2.24, 2.45) is 0 Å². The van der Waals surface area contributed by atoms with Crippen molar-refractivity contribution in [1.82, 2.24) is 5.32 Å². The van der Waals surface area contributed by atoms with Gasteiger partial charge in [0, 0.05) is 19.2 Å². The molecule has 0 aliphatic carbocycles. The fourth-order valence-electron chi connectivity index (χ4n) is 1.97. The molecule has 106 valence electrons. The quantitative estimate of drug-likeness (QED) is 0.875. The molecule has 0 spiro atoms. The Balaban J connectivity index is 2.22. The number of methoxy groups -OCH3 is 1.